The van der Waals surface area contributed by atoms with Crippen LogP contribution in [0.25, 0.3) is 0 Å². The van der Waals surface area contributed by atoms with Gasteiger partial charge in [0.05, 0.1) is 18.7 Å². The highest BCUT2D eigenvalue weighted by molar-refractivity contribution is 5.98. The van der Waals surface area contributed by atoms with Gasteiger partial charge in [0.25, 0.3) is 5.91 Å². The zero-order chi connectivity index (χ0) is 15.0. The van der Waals surface area contributed by atoms with Gasteiger partial charge in [0.15, 0.2) is 0 Å². The largest absolute Gasteiger partial charge is 0.478 e. The van der Waals surface area contributed by atoms with Crippen molar-refractivity contribution in [2.24, 2.45) is 0 Å². The van der Waals surface area contributed by atoms with Gasteiger partial charge >= 0.3 is 5.97 Å². The maximum absolute atomic E-state index is 11.7. The molecule has 0 radical (unpaired) electrons. The molecule has 0 unspecified atom stereocenters. The Morgan fingerprint density at radius 1 is 1.20 bits per heavy atom. The Hall–Kier alpha value is -2.41. The van der Waals surface area contributed by atoms with Crippen LogP contribution in [0.15, 0.2) is 24.3 Å². The van der Waals surface area contributed by atoms with Crippen LogP contribution in [0.4, 0.5) is 0 Å². The van der Waals surface area contributed by atoms with Crippen molar-refractivity contribution in [3.63, 3.8) is 0 Å². The number of aromatic carboxylic acids is 1. The Morgan fingerprint density at radius 2 is 1.90 bits per heavy atom. The third-order valence-electron chi connectivity index (χ3n) is 2.41. The number of benzene rings is 1. The molecule has 0 fully saturated rings. The third kappa shape index (κ3) is 5.07. The van der Waals surface area contributed by atoms with E-state index >= 15 is 0 Å². The lowest BCUT2D eigenvalue weighted by Crippen LogP contribution is -2.38. The lowest BCUT2D eigenvalue weighted by atomic mass is 10.1. The van der Waals surface area contributed by atoms with Crippen LogP contribution in [-0.2, 0) is 9.53 Å². The highest BCUT2D eigenvalue weighted by Crippen LogP contribution is 2.05. The average molecular weight is 280 g/mol. The van der Waals surface area contributed by atoms with Gasteiger partial charge in [-0.15, -0.1) is 0 Å². The summed E-state index contributed by atoms with van der Waals surface area (Å²) < 4.78 is 4.77. The number of carbonyl (C=O) groups excluding carboxylic acids is 2. The Bertz CT molecular complexity index is 501. The second kappa shape index (κ2) is 7.90. The van der Waals surface area contributed by atoms with Gasteiger partial charge in [-0.25, -0.2) is 4.79 Å². The van der Waals surface area contributed by atoms with Crippen LogP contribution in [0.3, 0.4) is 0 Å². The first kappa shape index (κ1) is 15.6. The van der Waals surface area contributed by atoms with Crippen molar-refractivity contribution in [1.29, 1.82) is 0 Å². The van der Waals surface area contributed by atoms with Gasteiger partial charge in [0.1, 0.15) is 0 Å². The monoisotopic (exact) mass is 280 g/mol. The van der Waals surface area contributed by atoms with Crippen LogP contribution in [-0.4, -0.2) is 49.7 Å². The maximum atomic E-state index is 11.7. The molecule has 1 aromatic carbocycles. The van der Waals surface area contributed by atoms with E-state index < -0.39 is 11.9 Å². The Kier molecular flexibility index (Phi) is 6.18. The molecule has 0 aliphatic rings. The summed E-state index contributed by atoms with van der Waals surface area (Å²) in [6.45, 7) is 0.569. The number of ether oxygens (including phenoxy) is 1. The fraction of sp³-hybridized carbons (Fsp3) is 0.308. The van der Waals surface area contributed by atoms with Crippen molar-refractivity contribution in [2.75, 3.05) is 26.8 Å². The zero-order valence-electron chi connectivity index (χ0n) is 11.0. The van der Waals surface area contributed by atoms with Crippen molar-refractivity contribution in [1.82, 2.24) is 10.6 Å². The van der Waals surface area contributed by atoms with E-state index in [0.29, 0.717) is 13.2 Å². The van der Waals surface area contributed by atoms with Gasteiger partial charge in [-0.1, -0.05) is 6.07 Å². The van der Waals surface area contributed by atoms with Crippen LogP contribution < -0.4 is 10.6 Å². The maximum Gasteiger partial charge on any atom is 0.335 e. The summed E-state index contributed by atoms with van der Waals surface area (Å²) >= 11 is 0. The summed E-state index contributed by atoms with van der Waals surface area (Å²) in [5.41, 5.74) is 0.205. The quantitative estimate of drug-likeness (QED) is 0.604. The van der Waals surface area contributed by atoms with Crippen LogP contribution in [0, 0.1) is 0 Å². The smallest absolute Gasteiger partial charge is 0.335 e. The topological polar surface area (TPSA) is 105 Å². The van der Waals surface area contributed by atoms with Crippen molar-refractivity contribution in [3.05, 3.63) is 35.4 Å². The lowest BCUT2D eigenvalue weighted by molar-refractivity contribution is -0.120. The van der Waals surface area contributed by atoms with Gasteiger partial charge in [0, 0.05) is 19.2 Å². The molecule has 20 heavy (non-hydrogen) atoms. The van der Waals surface area contributed by atoms with E-state index in [4.69, 9.17) is 9.84 Å². The summed E-state index contributed by atoms with van der Waals surface area (Å²) in [6.07, 6.45) is 0. The van der Waals surface area contributed by atoms with Crippen molar-refractivity contribution in [2.45, 2.75) is 0 Å². The summed E-state index contributed by atoms with van der Waals surface area (Å²) in [6, 6.07) is 5.58. The molecule has 2 amide bonds. The van der Waals surface area contributed by atoms with E-state index in [9.17, 15) is 14.4 Å². The number of carboxylic acid groups (broad SMARTS) is 1. The molecule has 0 atom stereocenters. The number of hydrogen-bond acceptors (Lipinski definition) is 4. The van der Waals surface area contributed by atoms with Crippen molar-refractivity contribution < 1.29 is 24.2 Å². The Balaban J connectivity index is 2.48. The van der Waals surface area contributed by atoms with E-state index in [1.54, 1.807) is 0 Å². The minimum Gasteiger partial charge on any atom is -0.478 e. The predicted octanol–water partition coefficient (Wildman–Crippen LogP) is -0.123. The molecule has 1 aromatic rings. The molecule has 7 nitrogen and oxygen atoms in total. The number of amides is 2. The fourth-order valence-corrected chi connectivity index (χ4v) is 1.41. The van der Waals surface area contributed by atoms with Crippen LogP contribution >= 0.6 is 0 Å². The second-order valence-corrected chi connectivity index (χ2v) is 3.91. The Morgan fingerprint density at radius 3 is 2.55 bits per heavy atom. The second-order valence-electron chi connectivity index (χ2n) is 3.91. The van der Waals surface area contributed by atoms with Crippen LogP contribution in [0.1, 0.15) is 20.7 Å². The molecular formula is C13H16N2O5. The van der Waals surface area contributed by atoms with E-state index in [1.807, 2.05) is 0 Å². The number of carbonyl (C=O) groups is 3. The lowest BCUT2D eigenvalue weighted by Gasteiger charge is -2.07. The standard InChI is InChI=1S/C13H16N2O5/c1-20-6-5-14-11(16)8-15-12(17)9-3-2-4-10(7-9)13(18)19/h2-4,7H,5-6,8H2,1H3,(H,14,16)(H,15,17)(H,18,19). The number of rotatable bonds is 7. The van der Waals surface area contributed by atoms with Gasteiger partial charge < -0.3 is 20.5 Å². The Labute approximate surface area is 115 Å². The number of carboxylic acids is 1. The molecule has 3 N–H and O–H groups in total. The molecule has 0 bridgehead atoms. The van der Waals surface area contributed by atoms with E-state index in [-0.39, 0.29) is 23.6 Å². The molecule has 1 rings (SSSR count). The van der Waals surface area contributed by atoms with Gasteiger partial charge in [0.2, 0.25) is 5.91 Å². The number of nitrogens with one attached hydrogen (secondary N) is 2. The fourth-order valence-electron chi connectivity index (χ4n) is 1.41. The van der Waals surface area contributed by atoms with Crippen molar-refractivity contribution >= 4 is 17.8 Å². The third-order valence-corrected chi connectivity index (χ3v) is 2.41. The zero-order valence-corrected chi connectivity index (χ0v) is 11.0. The van der Waals surface area contributed by atoms with Crippen LogP contribution in [0.5, 0.6) is 0 Å². The number of hydrogen-bond donors (Lipinski definition) is 3. The van der Waals surface area contributed by atoms with Gasteiger partial charge in [-0.05, 0) is 18.2 Å². The van der Waals surface area contributed by atoms with Crippen molar-refractivity contribution in [3.8, 4) is 0 Å². The highest BCUT2D eigenvalue weighted by atomic mass is 16.5. The predicted molar refractivity (Wildman–Crippen MR) is 70.6 cm³/mol. The first-order chi connectivity index (χ1) is 9.54. The highest BCUT2D eigenvalue weighted by Gasteiger charge is 2.10. The molecule has 0 heterocycles. The molecule has 0 saturated heterocycles. The number of methoxy groups -OCH3 is 1. The summed E-state index contributed by atoms with van der Waals surface area (Å²) in [5.74, 6) is -1.96. The first-order valence-electron chi connectivity index (χ1n) is 5.91. The minimum absolute atomic E-state index is 0.0159. The molecular weight excluding hydrogens is 264 g/mol. The summed E-state index contributed by atoms with van der Waals surface area (Å²) in [4.78, 5) is 33.9. The van der Waals surface area contributed by atoms with Gasteiger partial charge in [-0.3, -0.25) is 9.59 Å². The molecule has 0 saturated carbocycles. The minimum atomic E-state index is -1.11. The molecule has 0 spiro atoms. The molecule has 108 valence electrons. The average Bonchev–Trinajstić information content (AvgIpc) is 2.45. The molecule has 0 aliphatic heterocycles. The summed E-state index contributed by atoms with van der Waals surface area (Å²) in [7, 11) is 1.52. The van der Waals surface area contributed by atoms with Gasteiger partial charge in [-0.2, -0.15) is 0 Å². The van der Waals surface area contributed by atoms with E-state index in [0.717, 1.165) is 0 Å². The molecule has 0 aromatic heterocycles. The summed E-state index contributed by atoms with van der Waals surface area (Å²) in [5, 5.41) is 13.8. The molecule has 7 heteroatoms. The molecule has 0 aliphatic carbocycles. The van der Waals surface area contributed by atoms with Crippen LogP contribution in [0.2, 0.25) is 0 Å². The van der Waals surface area contributed by atoms with E-state index in [2.05, 4.69) is 10.6 Å². The van der Waals surface area contributed by atoms with E-state index in [1.165, 1.54) is 31.4 Å². The SMILES string of the molecule is COCCNC(=O)CNC(=O)c1cccc(C(=O)O)c1. The normalized spacial score (nSPS) is 9.85. The first-order valence-corrected chi connectivity index (χ1v) is 5.91.